The van der Waals surface area contributed by atoms with E-state index in [4.69, 9.17) is 4.74 Å². The van der Waals surface area contributed by atoms with Crippen molar-refractivity contribution in [3.63, 3.8) is 0 Å². The quantitative estimate of drug-likeness (QED) is 0.623. The SMILES string of the molecule is CC1C(=O)NN(OC(=O)C(F)(F)F)C2COc3cc(C(F)(F)F)c([C@H](C)C4(C)CNC4)cc3N12. The number of anilines is 1. The Balaban J connectivity index is 1.78. The number of benzene rings is 1. The zero-order valence-electron chi connectivity index (χ0n) is 18.3. The standard InChI is InChI=1S/C20H22F6N4O4/c1-9(18(3)7-27-8-18)11-4-13-14(5-12(11)19(21,22)23)33-6-15-29(13)10(2)16(31)28-30(15)34-17(32)20(24,25)26/h4-5,9-10,15,27H,6-8H2,1-3H3,(H,28,31)/t9-,10?,15?/m0/s1. The summed E-state index contributed by atoms with van der Waals surface area (Å²) in [7, 11) is 0. The topological polar surface area (TPSA) is 83.1 Å². The van der Waals surface area contributed by atoms with Crippen molar-refractivity contribution < 1.29 is 45.5 Å². The Kier molecular flexibility index (Phi) is 5.67. The zero-order chi connectivity index (χ0) is 25.2. The molecule has 3 heterocycles. The summed E-state index contributed by atoms with van der Waals surface area (Å²) in [5.74, 6) is -4.12. The average molecular weight is 496 g/mol. The van der Waals surface area contributed by atoms with Crippen LogP contribution in [0.2, 0.25) is 0 Å². The largest absolute Gasteiger partial charge is 0.492 e. The van der Waals surface area contributed by atoms with Crippen LogP contribution in [0.4, 0.5) is 32.0 Å². The van der Waals surface area contributed by atoms with Crippen molar-refractivity contribution >= 4 is 17.6 Å². The second kappa shape index (κ2) is 7.90. The second-order valence-corrected chi connectivity index (χ2v) is 8.94. The van der Waals surface area contributed by atoms with E-state index in [-0.39, 0.29) is 17.0 Å². The summed E-state index contributed by atoms with van der Waals surface area (Å²) in [6.07, 6.45) is -11.3. The summed E-state index contributed by atoms with van der Waals surface area (Å²) in [6, 6.07) is 1.10. The molecule has 8 nitrogen and oxygen atoms in total. The monoisotopic (exact) mass is 496 g/mol. The van der Waals surface area contributed by atoms with Gasteiger partial charge in [0.1, 0.15) is 18.4 Å². The molecule has 34 heavy (non-hydrogen) atoms. The molecule has 2 saturated heterocycles. The summed E-state index contributed by atoms with van der Waals surface area (Å²) in [6.45, 7) is 5.48. The second-order valence-electron chi connectivity index (χ2n) is 8.94. The van der Waals surface area contributed by atoms with Crippen LogP contribution < -0.4 is 20.4 Å². The number of rotatable bonds is 3. The molecule has 1 aromatic rings. The number of fused-ring (bicyclic) bond motifs is 3. The third-order valence-electron chi connectivity index (χ3n) is 6.69. The van der Waals surface area contributed by atoms with Gasteiger partial charge in [-0.2, -0.15) is 26.3 Å². The van der Waals surface area contributed by atoms with Crippen LogP contribution >= 0.6 is 0 Å². The van der Waals surface area contributed by atoms with Crippen molar-refractivity contribution in [2.75, 3.05) is 24.6 Å². The Labute approximate surface area is 190 Å². The van der Waals surface area contributed by atoms with Crippen LogP contribution in [0.25, 0.3) is 0 Å². The van der Waals surface area contributed by atoms with Gasteiger partial charge in [-0.1, -0.05) is 13.8 Å². The third kappa shape index (κ3) is 4.02. The fraction of sp³-hybridized carbons (Fsp3) is 0.600. The van der Waals surface area contributed by atoms with Gasteiger partial charge in [0.05, 0.1) is 11.3 Å². The molecule has 0 aromatic heterocycles. The van der Waals surface area contributed by atoms with Crippen molar-refractivity contribution in [3.8, 4) is 5.75 Å². The molecular formula is C20H22F6N4O4. The maximum absolute atomic E-state index is 14.0. The Morgan fingerprint density at radius 1 is 1.24 bits per heavy atom. The first kappa shape index (κ1) is 24.4. The van der Waals surface area contributed by atoms with Gasteiger partial charge in [0.25, 0.3) is 5.91 Å². The normalized spacial score (nSPS) is 25.3. The van der Waals surface area contributed by atoms with Crippen molar-refractivity contribution in [2.45, 2.75) is 51.2 Å². The predicted octanol–water partition coefficient (Wildman–Crippen LogP) is 2.70. The molecule has 0 bridgehead atoms. The zero-order valence-corrected chi connectivity index (χ0v) is 18.3. The first-order valence-corrected chi connectivity index (χ1v) is 10.4. The minimum Gasteiger partial charge on any atom is -0.488 e. The van der Waals surface area contributed by atoms with Gasteiger partial charge in [-0.25, -0.2) is 4.79 Å². The van der Waals surface area contributed by atoms with E-state index in [0.29, 0.717) is 18.3 Å². The van der Waals surface area contributed by atoms with E-state index in [2.05, 4.69) is 15.6 Å². The van der Waals surface area contributed by atoms with Gasteiger partial charge in [-0.3, -0.25) is 10.2 Å². The number of hydrogen-bond acceptors (Lipinski definition) is 7. The van der Waals surface area contributed by atoms with Crippen molar-refractivity contribution in [1.82, 2.24) is 15.9 Å². The van der Waals surface area contributed by atoms with Crippen LogP contribution in [-0.4, -0.2) is 55.1 Å². The molecule has 1 aromatic carbocycles. The number of hydrogen-bond donors (Lipinski definition) is 2. The Morgan fingerprint density at radius 2 is 1.88 bits per heavy atom. The first-order chi connectivity index (χ1) is 15.6. The number of carbonyl (C=O) groups is 2. The fourth-order valence-electron chi connectivity index (χ4n) is 4.39. The molecule has 0 saturated carbocycles. The molecular weight excluding hydrogens is 474 g/mol. The molecule has 3 atom stereocenters. The van der Waals surface area contributed by atoms with E-state index < -0.39 is 59.9 Å². The van der Waals surface area contributed by atoms with Gasteiger partial charge in [0.2, 0.25) is 0 Å². The molecule has 2 N–H and O–H groups in total. The lowest BCUT2D eigenvalue weighted by atomic mass is 9.69. The number of carbonyl (C=O) groups excluding carboxylic acids is 2. The lowest BCUT2D eigenvalue weighted by molar-refractivity contribution is -0.265. The molecule has 0 aliphatic carbocycles. The molecule has 2 fully saturated rings. The van der Waals surface area contributed by atoms with E-state index in [0.717, 1.165) is 6.07 Å². The van der Waals surface area contributed by atoms with Gasteiger partial charge in [0.15, 0.2) is 6.17 Å². The van der Waals surface area contributed by atoms with E-state index in [1.165, 1.54) is 17.9 Å². The number of nitrogens with one attached hydrogen (secondary N) is 2. The molecule has 3 aliphatic rings. The molecule has 0 spiro atoms. The van der Waals surface area contributed by atoms with Crippen LogP contribution in [0.3, 0.4) is 0 Å². The highest BCUT2D eigenvalue weighted by atomic mass is 19.4. The summed E-state index contributed by atoms with van der Waals surface area (Å²) in [5.41, 5.74) is 0.761. The summed E-state index contributed by atoms with van der Waals surface area (Å²) >= 11 is 0. The highest BCUT2D eigenvalue weighted by Crippen LogP contribution is 2.49. The number of alkyl halides is 6. The van der Waals surface area contributed by atoms with E-state index in [9.17, 15) is 35.9 Å². The Bertz CT molecular complexity index is 1010. The van der Waals surface area contributed by atoms with Crippen molar-refractivity contribution in [3.05, 3.63) is 23.3 Å². The van der Waals surface area contributed by atoms with Gasteiger partial charge in [0, 0.05) is 13.1 Å². The van der Waals surface area contributed by atoms with E-state index in [1.54, 1.807) is 6.92 Å². The average Bonchev–Trinajstić information content (AvgIpc) is 2.72. The Hall–Kier alpha value is -2.74. The van der Waals surface area contributed by atoms with Crippen LogP contribution in [0.15, 0.2) is 12.1 Å². The molecule has 14 heteroatoms. The van der Waals surface area contributed by atoms with E-state index in [1.807, 2.05) is 6.92 Å². The number of nitrogens with zero attached hydrogens (tertiary/aromatic N) is 2. The number of ether oxygens (including phenoxy) is 1. The first-order valence-electron chi connectivity index (χ1n) is 10.4. The molecule has 188 valence electrons. The summed E-state index contributed by atoms with van der Waals surface area (Å²) < 4.78 is 85.5. The molecule has 2 unspecified atom stereocenters. The van der Waals surface area contributed by atoms with Crippen LogP contribution in [-0.2, 0) is 20.6 Å². The lowest BCUT2D eigenvalue weighted by Crippen LogP contribution is -2.70. The van der Waals surface area contributed by atoms with Crippen molar-refractivity contribution in [1.29, 1.82) is 0 Å². The molecule has 3 aliphatic heterocycles. The minimum absolute atomic E-state index is 0.0310. The smallest absolute Gasteiger partial charge is 0.488 e. The van der Waals surface area contributed by atoms with Crippen molar-refractivity contribution in [2.24, 2.45) is 5.41 Å². The van der Waals surface area contributed by atoms with E-state index >= 15 is 0 Å². The fourth-order valence-corrected chi connectivity index (χ4v) is 4.39. The maximum atomic E-state index is 14.0. The minimum atomic E-state index is -5.33. The highest BCUT2D eigenvalue weighted by Gasteiger charge is 2.50. The number of amides is 1. The molecule has 0 radical (unpaired) electrons. The van der Waals surface area contributed by atoms with Gasteiger partial charge >= 0.3 is 18.3 Å². The Morgan fingerprint density at radius 3 is 2.41 bits per heavy atom. The third-order valence-corrected chi connectivity index (χ3v) is 6.69. The predicted molar refractivity (Wildman–Crippen MR) is 104 cm³/mol. The molecule has 1 amide bonds. The number of hydrazine groups is 1. The van der Waals surface area contributed by atoms with Gasteiger partial charge in [-0.15, -0.1) is 0 Å². The number of halogens is 6. The van der Waals surface area contributed by atoms with Crippen LogP contribution in [0.1, 0.15) is 37.8 Å². The number of hydroxylamine groups is 1. The van der Waals surface area contributed by atoms with Gasteiger partial charge < -0.3 is 19.8 Å². The summed E-state index contributed by atoms with van der Waals surface area (Å²) in [5, 5.41) is 3.37. The van der Waals surface area contributed by atoms with Gasteiger partial charge in [-0.05, 0) is 41.1 Å². The van der Waals surface area contributed by atoms with Crippen LogP contribution in [0, 0.1) is 5.41 Å². The van der Waals surface area contributed by atoms with Crippen LogP contribution in [0.5, 0.6) is 5.75 Å². The summed E-state index contributed by atoms with van der Waals surface area (Å²) in [4.78, 5) is 29.4. The lowest BCUT2D eigenvalue weighted by Gasteiger charge is -2.49. The molecule has 4 rings (SSSR count). The highest BCUT2D eigenvalue weighted by molar-refractivity contribution is 5.87. The maximum Gasteiger partial charge on any atom is 0.492 e.